The third-order valence-corrected chi connectivity index (χ3v) is 2.83. The zero-order valence-electron chi connectivity index (χ0n) is 10.2. The standard InChI is InChI=1S/C11H22N3O2P/c12-10(8-13-3-1-2-11(15)17)9-14-4-6-16-7-5-14/h8,13H,1-7,9,12,17H2/b10-8-. The minimum absolute atomic E-state index is 0.150. The molecule has 1 rings (SSSR count). The van der Waals surface area contributed by atoms with Crippen LogP contribution in [0.25, 0.3) is 0 Å². The first-order chi connectivity index (χ1) is 8.18. The lowest BCUT2D eigenvalue weighted by atomic mass is 10.3. The highest BCUT2D eigenvalue weighted by atomic mass is 31.0. The number of nitrogens with zero attached hydrogens (tertiary/aromatic N) is 1. The average Bonchev–Trinajstić information content (AvgIpc) is 2.29. The molecular weight excluding hydrogens is 237 g/mol. The molecule has 3 N–H and O–H groups in total. The number of carbonyl (C=O) groups is 1. The number of carbonyl (C=O) groups excluding carboxylic acids is 1. The van der Waals surface area contributed by atoms with Crippen molar-refractivity contribution in [3.63, 3.8) is 0 Å². The molecule has 0 aliphatic carbocycles. The van der Waals surface area contributed by atoms with E-state index in [1.807, 2.05) is 6.20 Å². The van der Waals surface area contributed by atoms with Gasteiger partial charge < -0.3 is 15.8 Å². The van der Waals surface area contributed by atoms with Gasteiger partial charge in [-0.05, 0) is 6.42 Å². The Hall–Kier alpha value is -0.640. The van der Waals surface area contributed by atoms with Crippen molar-refractivity contribution in [2.45, 2.75) is 12.8 Å². The summed E-state index contributed by atoms with van der Waals surface area (Å²) < 4.78 is 5.27. The lowest BCUT2D eigenvalue weighted by molar-refractivity contribution is -0.111. The molecule has 0 bridgehead atoms. The lowest BCUT2D eigenvalue weighted by Gasteiger charge is -2.26. The Morgan fingerprint density at radius 2 is 2.18 bits per heavy atom. The Bertz CT molecular complexity index is 265. The molecule has 0 aromatic carbocycles. The highest BCUT2D eigenvalue weighted by Crippen LogP contribution is 1.99. The fraction of sp³-hybridized carbons (Fsp3) is 0.727. The van der Waals surface area contributed by atoms with Gasteiger partial charge in [-0.2, -0.15) is 0 Å². The second kappa shape index (κ2) is 8.45. The van der Waals surface area contributed by atoms with E-state index in [0.29, 0.717) is 6.42 Å². The molecule has 0 spiro atoms. The largest absolute Gasteiger partial charge is 0.400 e. The van der Waals surface area contributed by atoms with Crippen LogP contribution < -0.4 is 11.1 Å². The highest BCUT2D eigenvalue weighted by molar-refractivity contribution is 7.40. The van der Waals surface area contributed by atoms with Crippen molar-refractivity contribution in [1.82, 2.24) is 10.2 Å². The molecule has 6 heteroatoms. The molecule has 98 valence electrons. The van der Waals surface area contributed by atoms with Crippen molar-refractivity contribution in [3.8, 4) is 0 Å². The van der Waals surface area contributed by atoms with Crippen molar-refractivity contribution >= 4 is 14.8 Å². The molecule has 17 heavy (non-hydrogen) atoms. The SMILES string of the molecule is N/C(=C\NCCCC(=O)P)CN1CCOCC1. The van der Waals surface area contributed by atoms with E-state index in [2.05, 4.69) is 19.5 Å². The summed E-state index contributed by atoms with van der Waals surface area (Å²) in [7, 11) is 2.18. The van der Waals surface area contributed by atoms with Gasteiger partial charge in [0.2, 0.25) is 0 Å². The molecule has 1 aliphatic rings. The highest BCUT2D eigenvalue weighted by Gasteiger charge is 2.10. The van der Waals surface area contributed by atoms with Crippen LogP contribution in [0.1, 0.15) is 12.8 Å². The fourth-order valence-corrected chi connectivity index (χ4v) is 1.84. The van der Waals surface area contributed by atoms with Gasteiger partial charge in [-0.15, -0.1) is 0 Å². The lowest BCUT2D eigenvalue weighted by Crippen LogP contribution is -2.38. The Morgan fingerprint density at radius 3 is 2.82 bits per heavy atom. The minimum Gasteiger partial charge on any atom is -0.400 e. The molecule has 1 saturated heterocycles. The summed E-state index contributed by atoms with van der Waals surface area (Å²) in [5.41, 5.74) is 6.86. The van der Waals surface area contributed by atoms with Crippen LogP contribution in [-0.2, 0) is 9.53 Å². The maximum atomic E-state index is 10.7. The Balaban J connectivity index is 2.09. The van der Waals surface area contributed by atoms with E-state index in [-0.39, 0.29) is 5.52 Å². The molecule has 0 aromatic rings. The van der Waals surface area contributed by atoms with E-state index in [9.17, 15) is 4.79 Å². The first-order valence-electron chi connectivity index (χ1n) is 5.95. The van der Waals surface area contributed by atoms with Crippen molar-refractivity contribution < 1.29 is 9.53 Å². The van der Waals surface area contributed by atoms with Crippen LogP contribution in [0.15, 0.2) is 11.9 Å². The van der Waals surface area contributed by atoms with Crippen LogP contribution in [0.2, 0.25) is 0 Å². The molecule has 5 nitrogen and oxygen atoms in total. The van der Waals surface area contributed by atoms with Gasteiger partial charge in [-0.3, -0.25) is 9.69 Å². The average molecular weight is 259 g/mol. The summed E-state index contributed by atoms with van der Waals surface area (Å²) in [6, 6.07) is 0. The number of morpholine rings is 1. The zero-order chi connectivity index (χ0) is 12.5. The summed E-state index contributed by atoms with van der Waals surface area (Å²) in [6.45, 7) is 5.02. The number of hydrogen-bond donors (Lipinski definition) is 2. The predicted molar refractivity (Wildman–Crippen MR) is 71.5 cm³/mol. The fourth-order valence-electron chi connectivity index (χ4n) is 1.63. The Morgan fingerprint density at radius 1 is 1.47 bits per heavy atom. The van der Waals surface area contributed by atoms with Gasteiger partial charge in [0.15, 0.2) is 0 Å². The number of nitrogens with two attached hydrogens (primary N) is 1. The van der Waals surface area contributed by atoms with Gasteiger partial charge in [-0.1, -0.05) is 9.24 Å². The number of rotatable bonds is 7. The molecule has 1 unspecified atom stereocenters. The van der Waals surface area contributed by atoms with Crippen LogP contribution in [0.3, 0.4) is 0 Å². The predicted octanol–water partition coefficient (Wildman–Crippen LogP) is -0.110. The van der Waals surface area contributed by atoms with Gasteiger partial charge in [0.25, 0.3) is 0 Å². The second-order valence-electron chi connectivity index (χ2n) is 4.13. The Kier molecular flexibility index (Phi) is 7.17. The summed E-state index contributed by atoms with van der Waals surface area (Å²) in [5.74, 6) is 0. The maximum Gasteiger partial charge on any atom is 0.148 e. The molecule has 0 saturated carbocycles. The topological polar surface area (TPSA) is 67.6 Å². The normalized spacial score (nSPS) is 18.1. The van der Waals surface area contributed by atoms with Crippen LogP contribution in [0, 0.1) is 0 Å². The molecule has 1 heterocycles. The first kappa shape index (κ1) is 14.4. The summed E-state index contributed by atoms with van der Waals surface area (Å²) in [6.07, 6.45) is 3.27. The molecular formula is C11H22N3O2P. The van der Waals surface area contributed by atoms with Gasteiger partial charge in [-0.25, -0.2) is 0 Å². The van der Waals surface area contributed by atoms with Gasteiger partial charge in [0.05, 0.1) is 13.2 Å². The first-order valence-corrected chi connectivity index (χ1v) is 6.52. The van der Waals surface area contributed by atoms with Gasteiger partial charge >= 0.3 is 0 Å². The zero-order valence-corrected chi connectivity index (χ0v) is 11.3. The molecule has 1 fully saturated rings. The monoisotopic (exact) mass is 259 g/mol. The molecule has 1 atom stereocenters. The summed E-state index contributed by atoms with van der Waals surface area (Å²) in [5, 5.41) is 3.12. The molecule has 0 radical (unpaired) electrons. The summed E-state index contributed by atoms with van der Waals surface area (Å²) >= 11 is 0. The quantitative estimate of drug-likeness (QED) is 0.493. The van der Waals surface area contributed by atoms with Crippen LogP contribution in [-0.4, -0.2) is 49.8 Å². The van der Waals surface area contributed by atoms with E-state index < -0.39 is 0 Å². The van der Waals surface area contributed by atoms with Gasteiger partial charge in [0.1, 0.15) is 5.52 Å². The van der Waals surface area contributed by atoms with Crippen molar-refractivity contribution in [2.75, 3.05) is 39.4 Å². The third kappa shape index (κ3) is 7.31. The van der Waals surface area contributed by atoms with E-state index in [0.717, 1.165) is 51.5 Å². The number of hydrogen-bond acceptors (Lipinski definition) is 5. The number of nitrogens with one attached hydrogen (secondary N) is 1. The summed E-state index contributed by atoms with van der Waals surface area (Å²) in [4.78, 5) is 12.9. The molecule has 0 amide bonds. The van der Waals surface area contributed by atoms with Crippen LogP contribution >= 0.6 is 9.24 Å². The maximum absolute atomic E-state index is 10.7. The second-order valence-corrected chi connectivity index (χ2v) is 4.78. The van der Waals surface area contributed by atoms with E-state index >= 15 is 0 Å². The van der Waals surface area contributed by atoms with Gasteiger partial charge in [0, 0.05) is 44.5 Å². The van der Waals surface area contributed by atoms with Crippen molar-refractivity contribution in [3.05, 3.63) is 11.9 Å². The molecule has 0 aromatic heterocycles. The number of ether oxygens (including phenoxy) is 1. The molecule has 1 aliphatic heterocycles. The van der Waals surface area contributed by atoms with E-state index in [1.165, 1.54) is 0 Å². The van der Waals surface area contributed by atoms with E-state index in [1.54, 1.807) is 0 Å². The van der Waals surface area contributed by atoms with Crippen LogP contribution in [0.4, 0.5) is 0 Å². The van der Waals surface area contributed by atoms with Crippen molar-refractivity contribution in [1.29, 1.82) is 0 Å². The third-order valence-electron chi connectivity index (χ3n) is 2.54. The van der Waals surface area contributed by atoms with Crippen molar-refractivity contribution in [2.24, 2.45) is 5.73 Å². The van der Waals surface area contributed by atoms with Crippen LogP contribution in [0.5, 0.6) is 0 Å². The van der Waals surface area contributed by atoms with E-state index in [4.69, 9.17) is 10.5 Å². The smallest absolute Gasteiger partial charge is 0.148 e. The Labute approximate surface area is 105 Å². The minimum atomic E-state index is 0.150.